The van der Waals surface area contributed by atoms with Gasteiger partial charge in [-0.25, -0.2) is 9.97 Å². The molecular weight excluding hydrogens is 410 g/mol. The summed E-state index contributed by atoms with van der Waals surface area (Å²) in [5.41, 5.74) is 1.19. The number of hydrogen-bond acceptors (Lipinski definition) is 6. The van der Waals surface area contributed by atoms with Crippen molar-refractivity contribution in [1.29, 1.82) is 0 Å². The summed E-state index contributed by atoms with van der Waals surface area (Å²) in [6.07, 6.45) is 3.05. The number of fused-ring (bicyclic) bond motifs is 1. The maximum Gasteiger partial charge on any atom is 0.268 e. The molecule has 0 saturated carbocycles. The molecule has 9 heteroatoms. The van der Waals surface area contributed by atoms with Gasteiger partial charge >= 0.3 is 0 Å². The van der Waals surface area contributed by atoms with Gasteiger partial charge in [-0.3, -0.25) is 14.4 Å². The molecule has 3 amide bonds. The number of hydrogen-bond donors (Lipinski definition) is 2. The number of anilines is 1. The van der Waals surface area contributed by atoms with Crippen LogP contribution in [0.1, 0.15) is 64.8 Å². The SMILES string of the molecule is CNC(=O)c1cnc(C2CCN(C(=O)c3ccc4c(c3)NC(=O)C(C)(C)O4)CC2)nc1C. The average molecular weight is 438 g/mol. The maximum atomic E-state index is 13.0. The summed E-state index contributed by atoms with van der Waals surface area (Å²) in [5, 5.41) is 5.41. The smallest absolute Gasteiger partial charge is 0.268 e. The van der Waals surface area contributed by atoms with Crippen LogP contribution < -0.4 is 15.4 Å². The number of carbonyl (C=O) groups excluding carboxylic acids is 3. The molecule has 1 fully saturated rings. The van der Waals surface area contributed by atoms with Crippen LogP contribution in [0.25, 0.3) is 0 Å². The molecule has 0 radical (unpaired) electrons. The van der Waals surface area contributed by atoms with Crippen molar-refractivity contribution in [2.75, 3.05) is 25.5 Å². The summed E-state index contributed by atoms with van der Waals surface area (Å²) >= 11 is 0. The van der Waals surface area contributed by atoms with Crippen LogP contribution in [0.4, 0.5) is 5.69 Å². The molecule has 0 unspecified atom stereocenters. The first kappa shape index (κ1) is 21.7. The zero-order chi connectivity index (χ0) is 23.0. The number of nitrogens with zero attached hydrogens (tertiary/aromatic N) is 3. The minimum Gasteiger partial charge on any atom is -0.476 e. The first-order valence-corrected chi connectivity index (χ1v) is 10.7. The Labute approximate surface area is 186 Å². The molecule has 9 nitrogen and oxygen atoms in total. The molecule has 0 bridgehead atoms. The zero-order valence-corrected chi connectivity index (χ0v) is 18.7. The van der Waals surface area contributed by atoms with Gasteiger partial charge in [-0.1, -0.05) is 0 Å². The Morgan fingerprint density at radius 3 is 2.62 bits per heavy atom. The van der Waals surface area contributed by atoms with Gasteiger partial charge in [0.15, 0.2) is 5.60 Å². The van der Waals surface area contributed by atoms with Crippen molar-refractivity contribution in [3.63, 3.8) is 0 Å². The first-order chi connectivity index (χ1) is 15.2. The summed E-state index contributed by atoms with van der Waals surface area (Å²) in [6, 6.07) is 5.12. The Morgan fingerprint density at radius 2 is 1.97 bits per heavy atom. The predicted octanol–water partition coefficient (Wildman–Crippen LogP) is 2.27. The largest absolute Gasteiger partial charge is 0.476 e. The highest BCUT2D eigenvalue weighted by molar-refractivity contribution is 6.02. The van der Waals surface area contributed by atoms with Crippen LogP contribution in [0.2, 0.25) is 0 Å². The van der Waals surface area contributed by atoms with Crippen LogP contribution in [-0.4, -0.2) is 58.3 Å². The zero-order valence-electron chi connectivity index (χ0n) is 18.7. The van der Waals surface area contributed by atoms with E-state index in [1.807, 2.05) is 0 Å². The van der Waals surface area contributed by atoms with Crippen molar-refractivity contribution in [3.05, 3.63) is 47.0 Å². The van der Waals surface area contributed by atoms with E-state index >= 15 is 0 Å². The molecule has 0 aliphatic carbocycles. The van der Waals surface area contributed by atoms with Gasteiger partial charge in [0, 0.05) is 37.8 Å². The monoisotopic (exact) mass is 437 g/mol. The third-order valence-corrected chi connectivity index (χ3v) is 6.00. The number of likely N-dealkylation sites (tertiary alicyclic amines) is 1. The number of aryl methyl sites for hydroxylation is 1. The van der Waals surface area contributed by atoms with Gasteiger partial charge in [-0.05, 0) is 51.8 Å². The summed E-state index contributed by atoms with van der Waals surface area (Å²) in [6.45, 7) is 6.36. The van der Waals surface area contributed by atoms with E-state index in [0.717, 1.165) is 12.8 Å². The molecule has 32 heavy (non-hydrogen) atoms. The Morgan fingerprint density at radius 1 is 1.25 bits per heavy atom. The normalized spacial score (nSPS) is 17.8. The third-order valence-electron chi connectivity index (χ3n) is 6.00. The lowest BCUT2D eigenvalue weighted by molar-refractivity contribution is -0.129. The quantitative estimate of drug-likeness (QED) is 0.762. The molecule has 1 aromatic carbocycles. The number of carbonyl (C=O) groups is 3. The molecule has 2 aliphatic heterocycles. The Kier molecular flexibility index (Phi) is 5.58. The van der Waals surface area contributed by atoms with Crippen molar-refractivity contribution < 1.29 is 19.1 Å². The van der Waals surface area contributed by atoms with Crippen LogP contribution in [0.3, 0.4) is 0 Å². The van der Waals surface area contributed by atoms with Crippen LogP contribution >= 0.6 is 0 Å². The molecule has 3 heterocycles. The number of rotatable bonds is 3. The number of ether oxygens (including phenoxy) is 1. The Balaban J connectivity index is 1.42. The van der Waals surface area contributed by atoms with Gasteiger partial charge in [-0.15, -0.1) is 0 Å². The van der Waals surface area contributed by atoms with E-state index in [2.05, 4.69) is 20.6 Å². The number of amides is 3. The molecule has 1 aromatic heterocycles. The van der Waals surface area contributed by atoms with Gasteiger partial charge < -0.3 is 20.3 Å². The fourth-order valence-corrected chi connectivity index (χ4v) is 4.01. The molecule has 0 spiro atoms. The lowest BCUT2D eigenvalue weighted by Gasteiger charge is -2.33. The van der Waals surface area contributed by atoms with Crippen molar-refractivity contribution in [2.45, 2.75) is 45.1 Å². The molecular formula is C23H27N5O4. The number of piperidine rings is 1. The van der Waals surface area contributed by atoms with Crippen molar-refractivity contribution >= 4 is 23.4 Å². The molecule has 2 N–H and O–H groups in total. The molecule has 4 rings (SSSR count). The molecule has 2 aromatic rings. The van der Waals surface area contributed by atoms with Crippen molar-refractivity contribution in [2.24, 2.45) is 0 Å². The van der Waals surface area contributed by atoms with Gasteiger partial charge in [0.05, 0.1) is 16.9 Å². The lowest BCUT2D eigenvalue weighted by Crippen LogP contribution is -2.45. The topological polar surface area (TPSA) is 114 Å². The van der Waals surface area contributed by atoms with Crippen molar-refractivity contribution in [1.82, 2.24) is 20.2 Å². The molecule has 0 atom stereocenters. The molecule has 2 aliphatic rings. The lowest BCUT2D eigenvalue weighted by atomic mass is 9.95. The predicted molar refractivity (Wildman–Crippen MR) is 118 cm³/mol. The highest BCUT2D eigenvalue weighted by Gasteiger charge is 2.36. The fourth-order valence-electron chi connectivity index (χ4n) is 4.01. The highest BCUT2D eigenvalue weighted by Crippen LogP contribution is 2.35. The van der Waals surface area contributed by atoms with E-state index in [1.54, 1.807) is 57.1 Å². The fraction of sp³-hybridized carbons (Fsp3) is 0.435. The van der Waals surface area contributed by atoms with Crippen LogP contribution in [0.5, 0.6) is 5.75 Å². The van der Waals surface area contributed by atoms with E-state index in [4.69, 9.17) is 4.74 Å². The summed E-state index contributed by atoms with van der Waals surface area (Å²) < 4.78 is 5.74. The van der Waals surface area contributed by atoms with Crippen molar-refractivity contribution in [3.8, 4) is 5.75 Å². The minimum atomic E-state index is -0.945. The maximum absolute atomic E-state index is 13.0. The third kappa shape index (κ3) is 4.02. The van der Waals surface area contributed by atoms with E-state index in [0.29, 0.717) is 47.2 Å². The Bertz CT molecular complexity index is 1090. The van der Waals surface area contributed by atoms with Crippen LogP contribution in [0, 0.1) is 6.92 Å². The number of aromatic nitrogens is 2. The average Bonchev–Trinajstić information content (AvgIpc) is 2.78. The van der Waals surface area contributed by atoms with Gasteiger partial charge in [0.1, 0.15) is 11.6 Å². The number of nitrogens with one attached hydrogen (secondary N) is 2. The number of benzene rings is 1. The molecule has 1 saturated heterocycles. The van der Waals surface area contributed by atoms with Gasteiger partial charge in [-0.2, -0.15) is 0 Å². The molecule has 168 valence electrons. The van der Waals surface area contributed by atoms with Crippen LogP contribution in [-0.2, 0) is 4.79 Å². The second-order valence-electron chi connectivity index (χ2n) is 8.65. The minimum absolute atomic E-state index is 0.0857. The second kappa shape index (κ2) is 8.22. The van der Waals surface area contributed by atoms with Crippen LogP contribution in [0.15, 0.2) is 24.4 Å². The van der Waals surface area contributed by atoms with E-state index in [-0.39, 0.29) is 23.6 Å². The Hall–Kier alpha value is -3.49. The van der Waals surface area contributed by atoms with E-state index < -0.39 is 5.60 Å². The second-order valence-corrected chi connectivity index (χ2v) is 8.65. The highest BCUT2D eigenvalue weighted by atomic mass is 16.5. The summed E-state index contributed by atoms with van der Waals surface area (Å²) in [7, 11) is 1.58. The van der Waals surface area contributed by atoms with Gasteiger partial charge in [0.25, 0.3) is 17.7 Å². The first-order valence-electron chi connectivity index (χ1n) is 10.7. The standard InChI is InChI=1S/C23H27N5O4/c1-13-16(20(29)24-4)12-25-19(26-13)14-7-9-28(10-8-14)21(30)15-5-6-18-17(11-15)27-22(31)23(2,3)32-18/h5-6,11-12,14H,7-10H2,1-4H3,(H,24,29)(H,27,31). The van der Waals surface area contributed by atoms with E-state index in [9.17, 15) is 14.4 Å². The summed E-state index contributed by atoms with van der Waals surface area (Å²) in [4.78, 5) is 47.8. The summed E-state index contributed by atoms with van der Waals surface area (Å²) in [5.74, 6) is 0.862. The van der Waals surface area contributed by atoms with E-state index in [1.165, 1.54) is 0 Å². The van der Waals surface area contributed by atoms with Gasteiger partial charge in [0.2, 0.25) is 0 Å².